The minimum absolute atomic E-state index is 0.0213. The van der Waals surface area contributed by atoms with E-state index in [-0.39, 0.29) is 23.5 Å². The van der Waals surface area contributed by atoms with Crippen molar-refractivity contribution in [3.05, 3.63) is 46.4 Å². The maximum atomic E-state index is 12.8. The van der Waals surface area contributed by atoms with Gasteiger partial charge in [0, 0.05) is 28.6 Å². The van der Waals surface area contributed by atoms with E-state index in [9.17, 15) is 18.0 Å². The van der Waals surface area contributed by atoms with Crippen molar-refractivity contribution in [2.45, 2.75) is 42.9 Å². The van der Waals surface area contributed by atoms with Crippen molar-refractivity contribution >= 4 is 44.8 Å². The van der Waals surface area contributed by atoms with Crippen LogP contribution < -0.4 is 0 Å². The average molecular weight is 483 g/mol. The van der Waals surface area contributed by atoms with E-state index >= 15 is 0 Å². The first-order chi connectivity index (χ1) is 14.9. The number of hydrogen-bond donors (Lipinski definition) is 0. The topological polar surface area (TPSA) is 93.6 Å². The van der Waals surface area contributed by atoms with Gasteiger partial charge in [-0.1, -0.05) is 25.5 Å². The number of thiazole rings is 1. The summed E-state index contributed by atoms with van der Waals surface area (Å²) < 4.78 is 29.0. The molecule has 1 fully saturated rings. The van der Waals surface area contributed by atoms with Crippen LogP contribution in [0.4, 0.5) is 0 Å². The van der Waals surface area contributed by atoms with Gasteiger partial charge in [0.1, 0.15) is 0 Å². The number of ether oxygens (including phenoxy) is 1. The minimum atomic E-state index is -3.11. The van der Waals surface area contributed by atoms with Gasteiger partial charge >= 0.3 is 5.97 Å². The van der Waals surface area contributed by atoms with Gasteiger partial charge in [-0.25, -0.2) is 18.2 Å². The molecule has 2 aromatic rings. The van der Waals surface area contributed by atoms with E-state index in [1.165, 1.54) is 23.1 Å². The summed E-state index contributed by atoms with van der Waals surface area (Å²) in [7, 11) is -3.11. The number of hydrogen-bond acceptors (Lipinski definition) is 8. The van der Waals surface area contributed by atoms with Crippen LogP contribution in [0.3, 0.4) is 0 Å². The molecule has 1 amide bonds. The predicted octanol–water partition coefficient (Wildman–Crippen LogP) is 3.41. The molecule has 0 radical (unpaired) electrons. The fourth-order valence-electron chi connectivity index (χ4n) is 3.37. The Kier molecular flexibility index (Phi) is 8.50. The van der Waals surface area contributed by atoms with E-state index in [0.29, 0.717) is 24.3 Å². The van der Waals surface area contributed by atoms with Crippen molar-refractivity contribution in [3.8, 4) is 0 Å². The molecular formula is C21H26N2O5S3. The second-order valence-corrected chi connectivity index (χ2v) is 11.3. The van der Waals surface area contributed by atoms with Crippen LogP contribution in [0.15, 0.2) is 40.1 Å². The van der Waals surface area contributed by atoms with Crippen LogP contribution in [-0.4, -0.2) is 60.9 Å². The summed E-state index contributed by atoms with van der Waals surface area (Å²) >= 11 is 3.01. The number of amides is 1. The number of thioether (sulfide) groups is 1. The fraction of sp³-hybridized carbons (Fsp3) is 0.476. The zero-order valence-corrected chi connectivity index (χ0v) is 19.8. The van der Waals surface area contributed by atoms with E-state index in [2.05, 4.69) is 4.98 Å². The molecule has 31 heavy (non-hydrogen) atoms. The molecule has 7 nitrogen and oxygen atoms in total. The number of benzene rings is 1. The lowest BCUT2D eigenvalue weighted by Gasteiger charge is -2.28. The standard InChI is InChI=1S/C21H26N2O5S3/c1-2-3-9-23(17-8-10-31(26,27)14-17)20(24)11-28-21(25)18-6-4-5-7-19(18)30-13-16-12-29-15-22-16/h4-7,12,15,17H,2-3,8-11,13-14H2,1H3/t17-/m0/s1. The second-order valence-electron chi connectivity index (χ2n) is 7.34. The van der Waals surface area contributed by atoms with Crippen LogP contribution in [-0.2, 0) is 25.1 Å². The molecule has 0 bridgehead atoms. The number of carbonyl (C=O) groups is 2. The number of nitrogens with zero attached hydrogens (tertiary/aromatic N) is 2. The summed E-state index contributed by atoms with van der Waals surface area (Å²) in [5.41, 5.74) is 3.10. The fourth-order valence-corrected chi connectivity index (χ4v) is 6.71. The number of esters is 1. The molecule has 0 aliphatic carbocycles. The zero-order valence-electron chi connectivity index (χ0n) is 17.4. The van der Waals surface area contributed by atoms with Gasteiger partial charge in [-0.15, -0.1) is 23.1 Å². The van der Waals surface area contributed by atoms with E-state index < -0.39 is 22.4 Å². The van der Waals surface area contributed by atoms with Gasteiger partial charge in [0.25, 0.3) is 5.91 Å². The zero-order chi connectivity index (χ0) is 22.3. The highest BCUT2D eigenvalue weighted by molar-refractivity contribution is 7.98. The van der Waals surface area contributed by atoms with Gasteiger partial charge in [-0.3, -0.25) is 4.79 Å². The number of rotatable bonds is 10. The Morgan fingerprint density at radius 1 is 1.32 bits per heavy atom. The van der Waals surface area contributed by atoms with Gasteiger partial charge in [0.15, 0.2) is 16.4 Å². The first-order valence-electron chi connectivity index (χ1n) is 10.2. The first kappa shape index (κ1) is 23.7. The Labute approximate surface area is 191 Å². The average Bonchev–Trinajstić information content (AvgIpc) is 3.40. The Hall–Kier alpha value is -1.91. The SMILES string of the molecule is CCCCN(C(=O)COC(=O)c1ccccc1SCc1cscn1)[C@H]1CCS(=O)(=O)C1. The van der Waals surface area contributed by atoms with Crippen LogP contribution >= 0.6 is 23.1 Å². The highest BCUT2D eigenvalue weighted by Crippen LogP contribution is 2.27. The maximum Gasteiger partial charge on any atom is 0.339 e. The largest absolute Gasteiger partial charge is 0.452 e. The first-order valence-corrected chi connectivity index (χ1v) is 13.9. The van der Waals surface area contributed by atoms with Crippen LogP contribution in [0.2, 0.25) is 0 Å². The van der Waals surface area contributed by atoms with Crippen molar-refractivity contribution in [3.63, 3.8) is 0 Å². The number of carbonyl (C=O) groups excluding carboxylic acids is 2. The Morgan fingerprint density at radius 3 is 2.81 bits per heavy atom. The third kappa shape index (κ3) is 6.78. The molecule has 1 saturated heterocycles. The quantitative estimate of drug-likeness (QED) is 0.378. The van der Waals surface area contributed by atoms with E-state index in [1.54, 1.807) is 22.5 Å². The molecule has 3 rings (SSSR count). The van der Waals surface area contributed by atoms with Gasteiger partial charge in [-0.2, -0.15) is 0 Å². The lowest BCUT2D eigenvalue weighted by Crippen LogP contribution is -2.43. The summed E-state index contributed by atoms with van der Waals surface area (Å²) in [6, 6.07) is 6.77. The molecule has 1 atom stereocenters. The van der Waals surface area contributed by atoms with Crippen molar-refractivity contribution < 1.29 is 22.7 Å². The molecule has 0 saturated carbocycles. The molecule has 0 N–H and O–H groups in total. The molecule has 0 unspecified atom stereocenters. The number of aromatic nitrogens is 1. The highest BCUT2D eigenvalue weighted by Gasteiger charge is 2.34. The van der Waals surface area contributed by atoms with Gasteiger partial charge in [0.05, 0.1) is 28.3 Å². The maximum absolute atomic E-state index is 12.8. The number of sulfone groups is 1. The summed E-state index contributed by atoms with van der Waals surface area (Å²) in [5, 5.41) is 1.96. The van der Waals surface area contributed by atoms with Crippen molar-refractivity contribution in [2.24, 2.45) is 0 Å². The molecule has 1 aromatic heterocycles. The van der Waals surface area contributed by atoms with Gasteiger partial charge in [-0.05, 0) is 25.0 Å². The van der Waals surface area contributed by atoms with Crippen LogP contribution in [0.1, 0.15) is 42.2 Å². The lowest BCUT2D eigenvalue weighted by atomic mass is 10.2. The second kappa shape index (κ2) is 11.1. The van der Waals surface area contributed by atoms with Crippen LogP contribution in [0, 0.1) is 0 Å². The third-order valence-electron chi connectivity index (χ3n) is 5.01. The van der Waals surface area contributed by atoms with Crippen molar-refractivity contribution in [1.29, 1.82) is 0 Å². The van der Waals surface area contributed by atoms with Gasteiger partial charge < -0.3 is 9.64 Å². The Balaban J connectivity index is 1.61. The summed E-state index contributed by atoms with van der Waals surface area (Å²) in [6.07, 6.45) is 2.08. The Morgan fingerprint density at radius 2 is 2.13 bits per heavy atom. The normalized spacial score (nSPS) is 17.4. The summed E-state index contributed by atoms with van der Waals surface area (Å²) in [4.78, 5) is 32.0. The van der Waals surface area contributed by atoms with E-state index in [0.717, 1.165) is 23.4 Å². The molecule has 0 spiro atoms. The molecule has 10 heteroatoms. The molecule has 168 valence electrons. The van der Waals surface area contributed by atoms with Crippen LogP contribution in [0.25, 0.3) is 0 Å². The molecular weight excluding hydrogens is 456 g/mol. The summed E-state index contributed by atoms with van der Waals surface area (Å²) in [6.45, 7) is 2.08. The van der Waals surface area contributed by atoms with Gasteiger partial charge in [0.2, 0.25) is 0 Å². The smallest absolute Gasteiger partial charge is 0.339 e. The lowest BCUT2D eigenvalue weighted by molar-refractivity contribution is -0.136. The minimum Gasteiger partial charge on any atom is -0.452 e. The van der Waals surface area contributed by atoms with Crippen molar-refractivity contribution in [2.75, 3.05) is 24.7 Å². The van der Waals surface area contributed by atoms with E-state index in [4.69, 9.17) is 4.74 Å². The molecule has 2 heterocycles. The predicted molar refractivity (Wildman–Crippen MR) is 122 cm³/mol. The number of unbranched alkanes of at least 4 members (excludes halogenated alkanes) is 1. The molecule has 1 aromatic carbocycles. The molecule has 1 aliphatic heterocycles. The molecule has 1 aliphatic rings. The third-order valence-corrected chi connectivity index (χ3v) is 8.51. The van der Waals surface area contributed by atoms with Crippen LogP contribution in [0.5, 0.6) is 0 Å². The monoisotopic (exact) mass is 482 g/mol. The summed E-state index contributed by atoms with van der Waals surface area (Å²) in [5.74, 6) is -0.211. The van der Waals surface area contributed by atoms with E-state index in [1.807, 2.05) is 24.4 Å². The Bertz CT molecular complexity index is 992. The van der Waals surface area contributed by atoms with Crippen molar-refractivity contribution in [1.82, 2.24) is 9.88 Å². The highest BCUT2D eigenvalue weighted by atomic mass is 32.2.